The molecule has 0 heterocycles. The van der Waals surface area contributed by atoms with E-state index in [-0.39, 0.29) is 17.9 Å². The molecule has 2 nitrogen and oxygen atoms in total. The van der Waals surface area contributed by atoms with Gasteiger partial charge in [-0.2, -0.15) is 0 Å². The van der Waals surface area contributed by atoms with Crippen molar-refractivity contribution in [1.29, 1.82) is 0 Å². The molecule has 0 aliphatic heterocycles. The molecule has 2 rings (SSSR count). The Morgan fingerprint density at radius 3 is 1.92 bits per heavy atom. The second-order valence-electron chi connectivity index (χ2n) is 7.50. The van der Waals surface area contributed by atoms with Gasteiger partial charge in [0.1, 0.15) is 0 Å². The van der Waals surface area contributed by atoms with E-state index in [1.807, 2.05) is 69.3 Å². The Morgan fingerprint density at radius 1 is 0.960 bits per heavy atom. The number of rotatable bonds is 5. The summed E-state index contributed by atoms with van der Waals surface area (Å²) in [5.41, 5.74) is 1.92. The molecule has 2 aromatic carbocycles. The molecule has 0 spiro atoms. The Kier molecular flexibility index (Phi) is 6.53. The zero-order chi connectivity index (χ0) is 18.6. The third kappa shape index (κ3) is 5.76. The smallest absolute Gasteiger partial charge is 0.225 e. The Labute approximate surface area is 160 Å². The minimum Gasteiger partial charge on any atom is -0.353 e. The van der Waals surface area contributed by atoms with Crippen molar-refractivity contribution in [2.75, 3.05) is 0 Å². The lowest BCUT2D eigenvalue weighted by Gasteiger charge is -2.29. The van der Waals surface area contributed by atoms with Gasteiger partial charge < -0.3 is 5.32 Å². The quantitative estimate of drug-likeness (QED) is 0.693. The van der Waals surface area contributed by atoms with Crippen molar-refractivity contribution >= 4 is 29.1 Å². The topological polar surface area (TPSA) is 29.1 Å². The molecule has 0 saturated carbocycles. The summed E-state index contributed by atoms with van der Waals surface area (Å²) in [4.78, 5) is 12.4. The van der Waals surface area contributed by atoms with Crippen LogP contribution in [0.25, 0.3) is 0 Å². The maximum Gasteiger partial charge on any atom is 0.225 e. The SMILES string of the molecule is CC(NC(=O)C(C)(C)C)C(Cc1ccc(Cl)cc1)c1ccc(Cl)cc1. The number of carbonyl (C=O) groups excluding carboxylic acids is 1. The molecule has 0 aliphatic carbocycles. The van der Waals surface area contributed by atoms with Crippen LogP contribution in [-0.4, -0.2) is 11.9 Å². The second-order valence-corrected chi connectivity index (χ2v) is 8.37. The van der Waals surface area contributed by atoms with Crippen LogP contribution in [0.1, 0.15) is 44.7 Å². The van der Waals surface area contributed by atoms with Gasteiger partial charge in [-0.1, -0.05) is 68.2 Å². The number of hydrogen-bond acceptors (Lipinski definition) is 1. The van der Waals surface area contributed by atoms with Crippen molar-refractivity contribution in [3.8, 4) is 0 Å². The molecule has 2 aromatic rings. The van der Waals surface area contributed by atoms with Crippen LogP contribution in [0.2, 0.25) is 10.0 Å². The zero-order valence-electron chi connectivity index (χ0n) is 15.1. The van der Waals surface area contributed by atoms with Crippen molar-refractivity contribution in [2.24, 2.45) is 5.41 Å². The summed E-state index contributed by atoms with van der Waals surface area (Å²) in [6.07, 6.45) is 0.810. The van der Waals surface area contributed by atoms with Crippen LogP contribution in [0.3, 0.4) is 0 Å². The highest BCUT2D eigenvalue weighted by Gasteiger charge is 2.27. The minimum absolute atomic E-state index is 0.0106. The molecule has 134 valence electrons. The van der Waals surface area contributed by atoms with E-state index < -0.39 is 5.41 Å². The maximum atomic E-state index is 12.4. The van der Waals surface area contributed by atoms with E-state index >= 15 is 0 Å². The van der Waals surface area contributed by atoms with E-state index in [1.165, 1.54) is 5.56 Å². The van der Waals surface area contributed by atoms with Crippen molar-refractivity contribution in [2.45, 2.75) is 46.1 Å². The largest absolute Gasteiger partial charge is 0.353 e. The number of amides is 1. The van der Waals surface area contributed by atoms with Gasteiger partial charge in [-0.3, -0.25) is 4.79 Å². The van der Waals surface area contributed by atoms with E-state index in [4.69, 9.17) is 23.2 Å². The summed E-state index contributed by atoms with van der Waals surface area (Å²) < 4.78 is 0. The highest BCUT2D eigenvalue weighted by Crippen LogP contribution is 2.27. The molecule has 0 radical (unpaired) electrons. The average molecular weight is 378 g/mol. The van der Waals surface area contributed by atoms with Crippen LogP contribution in [0.4, 0.5) is 0 Å². The fourth-order valence-electron chi connectivity index (χ4n) is 2.69. The predicted octanol–water partition coefficient (Wildman–Crippen LogP) is 5.87. The van der Waals surface area contributed by atoms with Crippen molar-refractivity contribution in [3.63, 3.8) is 0 Å². The molecule has 0 aromatic heterocycles. The van der Waals surface area contributed by atoms with Gasteiger partial charge in [-0.25, -0.2) is 0 Å². The molecule has 0 bridgehead atoms. The summed E-state index contributed by atoms with van der Waals surface area (Å²) in [6, 6.07) is 15.7. The summed E-state index contributed by atoms with van der Waals surface area (Å²) in [7, 11) is 0. The van der Waals surface area contributed by atoms with E-state index in [1.54, 1.807) is 0 Å². The standard InChI is InChI=1S/C21H25Cl2NO/c1-14(24-20(25)21(2,3)4)19(16-7-11-18(23)12-8-16)13-15-5-9-17(22)10-6-15/h5-12,14,19H,13H2,1-4H3,(H,24,25). The normalized spacial score (nSPS) is 14.0. The lowest BCUT2D eigenvalue weighted by Crippen LogP contribution is -2.43. The van der Waals surface area contributed by atoms with Crippen molar-refractivity contribution in [3.05, 3.63) is 69.7 Å². The molecule has 1 amide bonds. The summed E-state index contributed by atoms with van der Waals surface area (Å²) in [6.45, 7) is 7.82. The van der Waals surface area contributed by atoms with Crippen molar-refractivity contribution < 1.29 is 4.79 Å². The molecule has 4 heteroatoms. The van der Waals surface area contributed by atoms with Crippen molar-refractivity contribution in [1.82, 2.24) is 5.32 Å². The van der Waals surface area contributed by atoms with Crippen LogP contribution in [0, 0.1) is 5.41 Å². The maximum absolute atomic E-state index is 12.4. The molecule has 2 unspecified atom stereocenters. The highest BCUT2D eigenvalue weighted by atomic mass is 35.5. The summed E-state index contributed by atoms with van der Waals surface area (Å²) in [5, 5.41) is 4.60. The predicted molar refractivity (Wildman–Crippen MR) is 106 cm³/mol. The van der Waals surface area contributed by atoms with Gasteiger partial charge in [0.25, 0.3) is 0 Å². The van der Waals surface area contributed by atoms with E-state index in [0.29, 0.717) is 5.02 Å². The molecule has 25 heavy (non-hydrogen) atoms. The molecule has 1 N–H and O–H groups in total. The van der Waals surface area contributed by atoms with Crippen LogP contribution in [0.15, 0.2) is 48.5 Å². The van der Waals surface area contributed by atoms with E-state index in [2.05, 4.69) is 12.2 Å². The Hall–Kier alpha value is -1.51. The number of halogens is 2. The average Bonchev–Trinajstić information content (AvgIpc) is 2.54. The number of benzene rings is 2. The summed E-state index contributed by atoms with van der Waals surface area (Å²) in [5.74, 6) is 0.194. The van der Waals surface area contributed by atoms with Gasteiger partial charge in [-0.05, 0) is 48.7 Å². The second kappa shape index (κ2) is 8.25. The first-order valence-electron chi connectivity index (χ1n) is 8.47. The first kappa shape index (κ1) is 19.8. The Morgan fingerprint density at radius 2 is 1.44 bits per heavy atom. The summed E-state index contributed by atoms with van der Waals surface area (Å²) >= 11 is 12.0. The van der Waals surface area contributed by atoms with Crippen LogP contribution >= 0.6 is 23.2 Å². The Bertz CT molecular complexity index is 702. The number of carbonyl (C=O) groups is 1. The molecule has 2 atom stereocenters. The minimum atomic E-state index is -0.418. The third-order valence-corrected chi connectivity index (χ3v) is 4.81. The van der Waals surface area contributed by atoms with Gasteiger partial charge in [0.05, 0.1) is 0 Å². The first-order valence-corrected chi connectivity index (χ1v) is 9.23. The zero-order valence-corrected chi connectivity index (χ0v) is 16.7. The van der Waals surface area contributed by atoms with E-state index in [0.717, 1.165) is 17.0 Å². The van der Waals surface area contributed by atoms with Gasteiger partial charge in [0.2, 0.25) is 5.91 Å². The molecule has 0 aliphatic rings. The monoisotopic (exact) mass is 377 g/mol. The van der Waals surface area contributed by atoms with E-state index in [9.17, 15) is 4.79 Å². The molecule has 0 saturated heterocycles. The number of hydrogen-bond donors (Lipinski definition) is 1. The lowest BCUT2D eigenvalue weighted by molar-refractivity contribution is -0.129. The third-order valence-electron chi connectivity index (χ3n) is 4.31. The van der Waals surface area contributed by atoms with Crippen LogP contribution in [0.5, 0.6) is 0 Å². The van der Waals surface area contributed by atoms with Gasteiger partial charge in [0, 0.05) is 27.4 Å². The highest BCUT2D eigenvalue weighted by molar-refractivity contribution is 6.30. The lowest BCUT2D eigenvalue weighted by atomic mass is 9.85. The van der Waals surface area contributed by atoms with Gasteiger partial charge >= 0.3 is 0 Å². The van der Waals surface area contributed by atoms with Crippen LogP contribution < -0.4 is 5.32 Å². The first-order chi connectivity index (χ1) is 11.7. The molecule has 0 fully saturated rings. The fourth-order valence-corrected chi connectivity index (χ4v) is 2.94. The number of nitrogens with one attached hydrogen (secondary N) is 1. The van der Waals surface area contributed by atoms with Gasteiger partial charge in [-0.15, -0.1) is 0 Å². The van der Waals surface area contributed by atoms with Crippen LogP contribution in [-0.2, 0) is 11.2 Å². The molecular weight excluding hydrogens is 353 g/mol. The molecular formula is C21H25Cl2NO. The van der Waals surface area contributed by atoms with Gasteiger partial charge in [0.15, 0.2) is 0 Å². The Balaban J connectivity index is 2.26. The fraction of sp³-hybridized carbons (Fsp3) is 0.381.